The van der Waals surface area contributed by atoms with Gasteiger partial charge in [-0.1, -0.05) is 20.8 Å². The lowest BCUT2D eigenvalue weighted by atomic mass is 10.5. The van der Waals surface area contributed by atoms with Gasteiger partial charge in [-0.25, -0.2) is 0 Å². The first-order valence-corrected chi connectivity index (χ1v) is 8.16. The summed E-state index contributed by atoms with van der Waals surface area (Å²) in [5.74, 6) is 1.05. The van der Waals surface area contributed by atoms with Crippen LogP contribution in [0, 0.1) is 0 Å². The van der Waals surface area contributed by atoms with Gasteiger partial charge in [0.2, 0.25) is 0 Å². The van der Waals surface area contributed by atoms with Crippen LogP contribution in [0.25, 0.3) is 0 Å². The Labute approximate surface area is 87.8 Å². The standard InChI is InChI=1S/C11H21NOSi/c1-4-14(5-2,6-3)12-10-11-8-7-9-13-11/h7-9,12H,4-6,10H2,1-3H3. The van der Waals surface area contributed by atoms with Crippen LogP contribution >= 0.6 is 0 Å². The molecule has 0 aromatic carbocycles. The second-order valence-corrected chi connectivity index (χ2v) is 8.81. The summed E-state index contributed by atoms with van der Waals surface area (Å²) in [6.07, 6.45) is 1.74. The molecule has 1 heterocycles. The average Bonchev–Trinajstić information content (AvgIpc) is 2.74. The van der Waals surface area contributed by atoms with Crippen LogP contribution < -0.4 is 4.98 Å². The number of hydrogen-bond acceptors (Lipinski definition) is 2. The van der Waals surface area contributed by atoms with Crippen molar-refractivity contribution < 1.29 is 4.42 Å². The molecule has 2 nitrogen and oxygen atoms in total. The average molecular weight is 211 g/mol. The fourth-order valence-electron chi connectivity index (χ4n) is 1.81. The molecule has 1 rings (SSSR count). The Morgan fingerprint density at radius 3 is 2.29 bits per heavy atom. The normalized spacial score (nSPS) is 11.9. The third-order valence-electron chi connectivity index (χ3n) is 3.25. The molecule has 80 valence electrons. The maximum absolute atomic E-state index is 5.32. The molecular weight excluding hydrogens is 190 g/mol. The largest absolute Gasteiger partial charge is 0.468 e. The lowest BCUT2D eigenvalue weighted by Gasteiger charge is -2.28. The van der Waals surface area contributed by atoms with Crippen LogP contribution in [0.5, 0.6) is 0 Å². The highest BCUT2D eigenvalue weighted by molar-refractivity contribution is 6.77. The van der Waals surface area contributed by atoms with Crippen LogP contribution in [0.4, 0.5) is 0 Å². The summed E-state index contributed by atoms with van der Waals surface area (Å²) >= 11 is 0. The van der Waals surface area contributed by atoms with Crippen molar-refractivity contribution in [3.8, 4) is 0 Å². The van der Waals surface area contributed by atoms with Crippen LogP contribution in [0.15, 0.2) is 22.8 Å². The fourth-order valence-corrected chi connectivity index (χ4v) is 4.61. The summed E-state index contributed by atoms with van der Waals surface area (Å²) in [6, 6.07) is 7.90. The number of furan rings is 1. The van der Waals surface area contributed by atoms with Crippen molar-refractivity contribution in [2.75, 3.05) is 0 Å². The number of rotatable bonds is 6. The first-order valence-electron chi connectivity index (χ1n) is 5.53. The Hall–Kier alpha value is -0.543. The second-order valence-electron chi connectivity index (χ2n) is 3.77. The van der Waals surface area contributed by atoms with Gasteiger partial charge in [0, 0.05) is 6.54 Å². The predicted molar refractivity (Wildman–Crippen MR) is 62.7 cm³/mol. The first kappa shape index (κ1) is 11.5. The second kappa shape index (κ2) is 5.37. The summed E-state index contributed by atoms with van der Waals surface area (Å²) in [5.41, 5.74) is 0. The Kier molecular flexibility index (Phi) is 4.42. The minimum atomic E-state index is -1.18. The van der Waals surface area contributed by atoms with Gasteiger partial charge >= 0.3 is 0 Å². The summed E-state index contributed by atoms with van der Waals surface area (Å²) in [7, 11) is -1.18. The smallest absolute Gasteiger partial charge is 0.125 e. The van der Waals surface area contributed by atoms with Gasteiger partial charge in [-0.05, 0) is 30.3 Å². The van der Waals surface area contributed by atoms with E-state index >= 15 is 0 Å². The van der Waals surface area contributed by atoms with Gasteiger partial charge in [0.1, 0.15) is 14.0 Å². The molecule has 0 aliphatic heterocycles. The SMILES string of the molecule is CC[Si](CC)(CC)NCc1ccco1. The topological polar surface area (TPSA) is 25.2 Å². The van der Waals surface area contributed by atoms with Crippen molar-refractivity contribution in [2.24, 2.45) is 0 Å². The van der Waals surface area contributed by atoms with Crippen LogP contribution in [0.2, 0.25) is 18.1 Å². The summed E-state index contributed by atoms with van der Waals surface area (Å²) in [5, 5.41) is 0. The molecule has 0 amide bonds. The zero-order valence-corrected chi connectivity index (χ0v) is 10.5. The van der Waals surface area contributed by atoms with Gasteiger partial charge in [0.15, 0.2) is 0 Å². The molecule has 1 N–H and O–H groups in total. The van der Waals surface area contributed by atoms with Crippen molar-refractivity contribution in [2.45, 2.75) is 45.4 Å². The summed E-state index contributed by atoms with van der Waals surface area (Å²) < 4.78 is 5.32. The monoisotopic (exact) mass is 211 g/mol. The lowest BCUT2D eigenvalue weighted by Crippen LogP contribution is -2.48. The molecule has 0 aliphatic carbocycles. The maximum atomic E-state index is 5.32. The molecule has 0 saturated carbocycles. The predicted octanol–water partition coefficient (Wildman–Crippen LogP) is 3.37. The minimum absolute atomic E-state index is 0.898. The van der Waals surface area contributed by atoms with Crippen LogP contribution in [-0.4, -0.2) is 8.24 Å². The summed E-state index contributed by atoms with van der Waals surface area (Å²) in [6.45, 7) is 7.80. The third kappa shape index (κ3) is 2.72. The van der Waals surface area contributed by atoms with E-state index in [-0.39, 0.29) is 0 Å². The Bertz CT molecular complexity index is 234. The highest BCUT2D eigenvalue weighted by atomic mass is 28.3. The number of nitrogens with one attached hydrogen (secondary N) is 1. The zero-order valence-electron chi connectivity index (χ0n) is 9.47. The van der Waals surface area contributed by atoms with E-state index in [1.54, 1.807) is 6.26 Å². The Morgan fingerprint density at radius 1 is 1.21 bits per heavy atom. The molecule has 14 heavy (non-hydrogen) atoms. The molecule has 0 unspecified atom stereocenters. The van der Waals surface area contributed by atoms with Gasteiger partial charge in [-0.3, -0.25) is 0 Å². The van der Waals surface area contributed by atoms with Crippen LogP contribution in [0.1, 0.15) is 26.5 Å². The molecule has 0 fully saturated rings. The van der Waals surface area contributed by atoms with E-state index in [0.29, 0.717) is 0 Å². The molecular formula is C11H21NOSi. The van der Waals surface area contributed by atoms with Gasteiger partial charge in [-0.15, -0.1) is 0 Å². The van der Waals surface area contributed by atoms with E-state index in [0.717, 1.165) is 12.3 Å². The van der Waals surface area contributed by atoms with Crippen molar-refractivity contribution in [1.82, 2.24) is 4.98 Å². The quantitative estimate of drug-likeness (QED) is 0.730. The van der Waals surface area contributed by atoms with Crippen molar-refractivity contribution in [3.63, 3.8) is 0 Å². The van der Waals surface area contributed by atoms with Gasteiger partial charge in [0.25, 0.3) is 0 Å². The molecule has 0 saturated heterocycles. The zero-order chi connectivity index (χ0) is 10.4. The van der Waals surface area contributed by atoms with Crippen molar-refractivity contribution in [1.29, 1.82) is 0 Å². The van der Waals surface area contributed by atoms with Crippen LogP contribution in [-0.2, 0) is 6.54 Å². The molecule has 3 heteroatoms. The molecule has 0 atom stereocenters. The van der Waals surface area contributed by atoms with E-state index in [4.69, 9.17) is 4.42 Å². The van der Waals surface area contributed by atoms with Crippen molar-refractivity contribution in [3.05, 3.63) is 24.2 Å². The molecule has 1 aromatic rings. The Balaban J connectivity index is 2.48. The van der Waals surface area contributed by atoms with Crippen LogP contribution in [0.3, 0.4) is 0 Å². The molecule has 0 bridgehead atoms. The number of hydrogen-bond donors (Lipinski definition) is 1. The maximum Gasteiger partial charge on any atom is 0.125 e. The van der Waals surface area contributed by atoms with Crippen molar-refractivity contribution >= 4 is 8.24 Å². The summed E-state index contributed by atoms with van der Waals surface area (Å²) in [4.78, 5) is 3.73. The Morgan fingerprint density at radius 2 is 1.86 bits per heavy atom. The van der Waals surface area contributed by atoms with E-state index in [9.17, 15) is 0 Å². The van der Waals surface area contributed by atoms with E-state index in [1.165, 1.54) is 18.1 Å². The molecule has 0 aliphatic rings. The van der Waals surface area contributed by atoms with Gasteiger partial charge < -0.3 is 9.40 Å². The van der Waals surface area contributed by atoms with E-state index < -0.39 is 8.24 Å². The molecule has 0 radical (unpaired) electrons. The minimum Gasteiger partial charge on any atom is -0.468 e. The highest BCUT2D eigenvalue weighted by Gasteiger charge is 2.26. The lowest BCUT2D eigenvalue weighted by molar-refractivity contribution is 0.502. The van der Waals surface area contributed by atoms with Gasteiger partial charge in [-0.2, -0.15) is 0 Å². The first-order chi connectivity index (χ1) is 6.76. The van der Waals surface area contributed by atoms with E-state index in [2.05, 4.69) is 25.8 Å². The third-order valence-corrected chi connectivity index (χ3v) is 8.24. The molecule has 1 aromatic heterocycles. The fraction of sp³-hybridized carbons (Fsp3) is 0.636. The molecule has 0 spiro atoms. The van der Waals surface area contributed by atoms with E-state index in [1.807, 2.05) is 12.1 Å². The van der Waals surface area contributed by atoms with Gasteiger partial charge in [0.05, 0.1) is 6.26 Å². The highest BCUT2D eigenvalue weighted by Crippen LogP contribution is 2.17.